The van der Waals surface area contributed by atoms with Crippen molar-refractivity contribution in [2.24, 2.45) is 0 Å². The highest BCUT2D eigenvalue weighted by atomic mass is 14.4. The van der Waals surface area contributed by atoms with E-state index in [1.807, 2.05) is 0 Å². The maximum Gasteiger partial charge on any atom is 0.0293 e. The molecule has 1 atom stereocenters. The number of allylic oxidation sites excluding steroid dienone is 4. The van der Waals surface area contributed by atoms with Gasteiger partial charge in [-0.3, -0.25) is 0 Å². The van der Waals surface area contributed by atoms with Gasteiger partial charge in [-0.1, -0.05) is 60.7 Å². The molecular formula is C24H20. The van der Waals surface area contributed by atoms with E-state index in [4.69, 9.17) is 0 Å². The average Bonchev–Trinajstić information content (AvgIpc) is 2.84. The second-order valence-corrected chi connectivity index (χ2v) is 7.06. The number of rotatable bonds is 0. The molecule has 0 aliphatic heterocycles. The summed E-state index contributed by atoms with van der Waals surface area (Å²) in [7, 11) is 0. The smallest absolute Gasteiger partial charge is 0.0293 e. The lowest BCUT2D eigenvalue weighted by molar-refractivity contribution is 1.05. The number of hydrogen-bond acceptors (Lipinski definition) is 0. The Labute approximate surface area is 143 Å². The van der Waals surface area contributed by atoms with Gasteiger partial charge >= 0.3 is 0 Å². The predicted octanol–water partition coefficient (Wildman–Crippen LogP) is 6.54. The second kappa shape index (κ2) is 4.70. The minimum absolute atomic E-state index is 0.378. The Hall–Kier alpha value is -2.60. The first kappa shape index (κ1) is 13.8. The molecule has 5 rings (SSSR count). The third kappa shape index (κ3) is 1.58. The molecule has 0 spiro atoms. The summed E-state index contributed by atoms with van der Waals surface area (Å²) in [4.78, 5) is 0. The van der Waals surface area contributed by atoms with Crippen molar-refractivity contribution in [2.45, 2.75) is 26.7 Å². The maximum atomic E-state index is 2.38. The van der Waals surface area contributed by atoms with Crippen molar-refractivity contribution >= 4 is 16.3 Å². The maximum absolute atomic E-state index is 2.38. The molecule has 24 heavy (non-hydrogen) atoms. The van der Waals surface area contributed by atoms with Crippen molar-refractivity contribution in [1.29, 1.82) is 0 Å². The van der Waals surface area contributed by atoms with Crippen molar-refractivity contribution in [1.82, 2.24) is 0 Å². The van der Waals surface area contributed by atoms with Gasteiger partial charge in [0.15, 0.2) is 0 Å². The molecule has 2 aliphatic carbocycles. The molecule has 0 N–H and O–H groups in total. The van der Waals surface area contributed by atoms with Crippen LogP contribution in [-0.2, 0) is 0 Å². The zero-order chi connectivity index (χ0) is 16.4. The van der Waals surface area contributed by atoms with Gasteiger partial charge in [0.05, 0.1) is 0 Å². The van der Waals surface area contributed by atoms with Gasteiger partial charge in [0.25, 0.3) is 0 Å². The van der Waals surface area contributed by atoms with Crippen LogP contribution in [0.1, 0.15) is 40.7 Å². The zero-order valence-corrected chi connectivity index (χ0v) is 14.4. The van der Waals surface area contributed by atoms with Crippen LogP contribution in [-0.4, -0.2) is 0 Å². The molecule has 0 heteroatoms. The van der Waals surface area contributed by atoms with Crippen molar-refractivity contribution < 1.29 is 0 Å². The first-order valence-electron chi connectivity index (χ1n) is 8.69. The Balaban J connectivity index is 1.99. The van der Waals surface area contributed by atoms with E-state index in [1.165, 1.54) is 55.3 Å². The van der Waals surface area contributed by atoms with Gasteiger partial charge < -0.3 is 0 Å². The minimum Gasteiger partial charge on any atom is -0.0726 e. The van der Waals surface area contributed by atoms with E-state index in [0.717, 1.165) is 0 Å². The van der Waals surface area contributed by atoms with Crippen molar-refractivity contribution in [3.05, 3.63) is 88.5 Å². The zero-order valence-electron chi connectivity index (χ0n) is 14.4. The van der Waals surface area contributed by atoms with Gasteiger partial charge in [0, 0.05) is 5.92 Å². The van der Waals surface area contributed by atoms with Gasteiger partial charge in [0.1, 0.15) is 0 Å². The van der Waals surface area contributed by atoms with E-state index < -0.39 is 0 Å². The Morgan fingerprint density at radius 3 is 2.21 bits per heavy atom. The monoisotopic (exact) mass is 308 g/mol. The van der Waals surface area contributed by atoms with Gasteiger partial charge in [-0.15, -0.1) is 0 Å². The molecule has 3 aromatic carbocycles. The van der Waals surface area contributed by atoms with Crippen LogP contribution in [0, 0.1) is 13.8 Å². The standard InChI is InChI=1S/C24H20/c1-14-8-6-12-20-22-15(2)18-9-4-5-10-19(18)16(3)23(22)21-13-7-11-17(14)24(20)21/h4-13,20H,1-3H3. The SMILES string of the molecule is CC1=CC=CC2c3c1cccc3-c1c2c(C)c2ccccc2c1C. The van der Waals surface area contributed by atoms with Crippen molar-refractivity contribution in [3.63, 3.8) is 0 Å². The average molecular weight is 308 g/mol. The third-order valence-corrected chi connectivity index (χ3v) is 5.86. The molecular weight excluding hydrogens is 288 g/mol. The summed E-state index contributed by atoms with van der Waals surface area (Å²) in [6, 6.07) is 15.6. The van der Waals surface area contributed by atoms with Crippen molar-refractivity contribution in [3.8, 4) is 11.1 Å². The molecule has 0 fully saturated rings. The summed E-state index contributed by atoms with van der Waals surface area (Å²) in [5, 5.41) is 2.78. The molecule has 0 bridgehead atoms. The summed E-state index contributed by atoms with van der Waals surface area (Å²) in [6.45, 7) is 6.81. The molecule has 0 heterocycles. The van der Waals surface area contributed by atoms with Crippen LogP contribution >= 0.6 is 0 Å². The van der Waals surface area contributed by atoms with Crippen LogP contribution in [0.3, 0.4) is 0 Å². The lowest BCUT2D eigenvalue weighted by atomic mass is 9.87. The van der Waals surface area contributed by atoms with Crippen LogP contribution in [0.2, 0.25) is 0 Å². The quantitative estimate of drug-likeness (QED) is 0.442. The second-order valence-electron chi connectivity index (χ2n) is 7.06. The van der Waals surface area contributed by atoms with Gasteiger partial charge in [-0.05, 0) is 76.1 Å². The minimum atomic E-state index is 0.378. The fourth-order valence-electron chi connectivity index (χ4n) is 4.74. The molecule has 2 aliphatic rings. The Morgan fingerprint density at radius 1 is 0.708 bits per heavy atom. The normalized spacial score (nSPS) is 17.5. The number of hydrogen-bond donors (Lipinski definition) is 0. The van der Waals surface area contributed by atoms with E-state index in [9.17, 15) is 0 Å². The van der Waals surface area contributed by atoms with Crippen molar-refractivity contribution in [2.75, 3.05) is 0 Å². The molecule has 1 unspecified atom stereocenters. The van der Waals surface area contributed by atoms with E-state index in [-0.39, 0.29) is 0 Å². The molecule has 0 aromatic heterocycles. The first-order chi connectivity index (χ1) is 11.7. The van der Waals surface area contributed by atoms with Crippen LogP contribution in [0.25, 0.3) is 27.5 Å². The summed E-state index contributed by atoms with van der Waals surface area (Å²) in [5.74, 6) is 0.378. The Kier molecular flexibility index (Phi) is 2.71. The molecule has 0 saturated carbocycles. The predicted molar refractivity (Wildman–Crippen MR) is 103 cm³/mol. The van der Waals surface area contributed by atoms with E-state index >= 15 is 0 Å². The highest BCUT2D eigenvalue weighted by Crippen LogP contribution is 2.53. The molecule has 0 amide bonds. The Bertz CT molecular complexity index is 1080. The van der Waals surface area contributed by atoms with Gasteiger partial charge in [-0.25, -0.2) is 0 Å². The molecule has 116 valence electrons. The molecule has 0 nitrogen and oxygen atoms in total. The van der Waals surface area contributed by atoms with Gasteiger partial charge in [0.2, 0.25) is 0 Å². The van der Waals surface area contributed by atoms with E-state index in [1.54, 1.807) is 0 Å². The molecule has 0 saturated heterocycles. The van der Waals surface area contributed by atoms with E-state index in [0.29, 0.717) is 5.92 Å². The highest BCUT2D eigenvalue weighted by Gasteiger charge is 2.33. The largest absolute Gasteiger partial charge is 0.0726 e. The molecule has 0 radical (unpaired) electrons. The summed E-state index contributed by atoms with van der Waals surface area (Å²) < 4.78 is 0. The summed E-state index contributed by atoms with van der Waals surface area (Å²) in [5.41, 5.74) is 11.5. The fourth-order valence-corrected chi connectivity index (χ4v) is 4.74. The van der Waals surface area contributed by atoms with Gasteiger partial charge in [-0.2, -0.15) is 0 Å². The first-order valence-corrected chi connectivity index (χ1v) is 8.69. The number of aryl methyl sites for hydroxylation is 2. The van der Waals surface area contributed by atoms with Crippen LogP contribution in [0.4, 0.5) is 0 Å². The Morgan fingerprint density at radius 2 is 1.42 bits per heavy atom. The summed E-state index contributed by atoms with van der Waals surface area (Å²) in [6.07, 6.45) is 6.87. The molecule has 3 aromatic rings. The third-order valence-electron chi connectivity index (χ3n) is 5.86. The lowest BCUT2D eigenvalue weighted by Gasteiger charge is -2.17. The lowest BCUT2D eigenvalue weighted by Crippen LogP contribution is -1.99. The van der Waals surface area contributed by atoms with E-state index in [2.05, 4.69) is 81.5 Å². The topological polar surface area (TPSA) is 0 Å². The number of benzene rings is 3. The fraction of sp³-hybridized carbons (Fsp3) is 0.167. The van der Waals surface area contributed by atoms with Crippen LogP contribution in [0.5, 0.6) is 0 Å². The van der Waals surface area contributed by atoms with Crippen LogP contribution in [0.15, 0.2) is 60.7 Å². The summed E-state index contributed by atoms with van der Waals surface area (Å²) >= 11 is 0. The van der Waals surface area contributed by atoms with Crippen LogP contribution < -0.4 is 0 Å². The highest BCUT2D eigenvalue weighted by molar-refractivity contribution is 6.00. The number of fused-ring (bicyclic) bond motifs is 4.